The molecule has 0 aromatic rings. The largest absolute Gasteiger partial charge is 0.264 e. The summed E-state index contributed by atoms with van der Waals surface area (Å²) in [6.07, 6.45) is 5.77. The van der Waals surface area contributed by atoms with Gasteiger partial charge in [0.1, 0.15) is 0 Å². The first kappa shape index (κ1) is 22.2. The minimum absolute atomic E-state index is 0.431. The molecule has 0 spiro atoms. The Balaban J connectivity index is 5.46. The van der Waals surface area contributed by atoms with Gasteiger partial charge in [-0.2, -0.15) is 0 Å². The highest BCUT2D eigenvalue weighted by Crippen LogP contribution is 2.28. The van der Waals surface area contributed by atoms with Crippen LogP contribution < -0.4 is 0 Å². The molecule has 0 saturated heterocycles. The topological polar surface area (TPSA) is 109 Å². The Bertz CT molecular complexity index is 500. The van der Waals surface area contributed by atoms with Crippen LogP contribution in [0.15, 0.2) is 24.3 Å². The van der Waals surface area contributed by atoms with Gasteiger partial charge in [-0.05, 0) is 39.8 Å². The monoisotopic (exact) mass is 342 g/mol. The first-order valence-corrected chi connectivity index (χ1v) is 7.63. The van der Waals surface area contributed by atoms with Crippen molar-refractivity contribution in [2.24, 2.45) is 0 Å². The van der Waals surface area contributed by atoms with E-state index < -0.39 is 32.0 Å². The molecule has 0 aliphatic carbocycles. The standard InChI is InChI=1S/C16H28N3O5/c1-13(2,9-11-15(5,6)18(21)22)17(20)14(3,4)10-12-16(7,8)19(23)24/h9-12H,1-8H3/b11-9+,12-10+. The third kappa shape index (κ3) is 5.68. The van der Waals surface area contributed by atoms with Crippen LogP contribution in [0.25, 0.3) is 0 Å². The van der Waals surface area contributed by atoms with E-state index in [1.807, 2.05) is 0 Å². The lowest BCUT2D eigenvalue weighted by atomic mass is 9.92. The van der Waals surface area contributed by atoms with E-state index in [2.05, 4.69) is 0 Å². The Morgan fingerprint density at radius 3 is 1.12 bits per heavy atom. The minimum atomic E-state index is -1.29. The van der Waals surface area contributed by atoms with Gasteiger partial charge in [-0.1, -0.05) is 12.2 Å². The van der Waals surface area contributed by atoms with Crippen molar-refractivity contribution < 1.29 is 15.1 Å². The molecule has 1 radical (unpaired) electrons. The summed E-state index contributed by atoms with van der Waals surface area (Å²) >= 11 is 0. The molecule has 0 N–H and O–H groups in total. The van der Waals surface area contributed by atoms with Gasteiger partial charge in [-0.25, -0.2) is 0 Å². The second-order valence-corrected chi connectivity index (χ2v) is 8.09. The molecule has 0 rings (SSSR count). The fourth-order valence-corrected chi connectivity index (χ4v) is 1.82. The lowest BCUT2D eigenvalue weighted by Gasteiger charge is -2.39. The highest BCUT2D eigenvalue weighted by molar-refractivity contribution is 5.13. The number of hydrogen-bond acceptors (Lipinski definition) is 5. The second-order valence-electron chi connectivity index (χ2n) is 8.09. The van der Waals surface area contributed by atoms with Gasteiger partial charge in [0, 0.05) is 37.5 Å². The van der Waals surface area contributed by atoms with Gasteiger partial charge >= 0.3 is 0 Å². The number of nitro groups is 2. The number of hydrogen-bond donors (Lipinski definition) is 0. The smallest absolute Gasteiger partial charge is 0.234 e. The van der Waals surface area contributed by atoms with Gasteiger partial charge in [0.05, 0.1) is 11.1 Å². The number of hydroxylamine groups is 2. The molecule has 0 amide bonds. The van der Waals surface area contributed by atoms with Crippen LogP contribution in [0.5, 0.6) is 0 Å². The first-order chi connectivity index (χ1) is 10.5. The SMILES string of the molecule is CC(C)(/C=C/C(C)(C)[N+](=O)[O-])N([O])C(C)(C)/C=C/C(C)(C)[N+](=O)[O-]. The molecule has 0 unspecified atom stereocenters. The van der Waals surface area contributed by atoms with E-state index >= 15 is 0 Å². The summed E-state index contributed by atoms with van der Waals surface area (Å²) in [5.74, 6) is 0. The molecular weight excluding hydrogens is 314 g/mol. The van der Waals surface area contributed by atoms with Gasteiger partial charge in [0.25, 0.3) is 0 Å². The maximum absolute atomic E-state index is 12.7. The fourth-order valence-electron chi connectivity index (χ4n) is 1.82. The van der Waals surface area contributed by atoms with Crippen molar-refractivity contribution in [2.75, 3.05) is 0 Å². The van der Waals surface area contributed by atoms with Crippen LogP contribution in [-0.2, 0) is 5.21 Å². The van der Waals surface area contributed by atoms with Crippen LogP contribution in [0.3, 0.4) is 0 Å². The summed E-state index contributed by atoms with van der Waals surface area (Å²) in [5.41, 5.74) is -4.63. The molecule has 0 saturated carbocycles. The van der Waals surface area contributed by atoms with E-state index in [0.29, 0.717) is 0 Å². The third-order valence-corrected chi connectivity index (χ3v) is 3.79. The average molecular weight is 342 g/mol. The quantitative estimate of drug-likeness (QED) is 0.381. The number of rotatable bonds is 8. The Hall–Kier alpha value is -1.80. The molecule has 0 fully saturated rings. The maximum Gasteiger partial charge on any atom is 0.234 e. The summed E-state index contributed by atoms with van der Waals surface area (Å²) in [6.45, 7) is 12.3. The highest BCUT2D eigenvalue weighted by atomic mass is 16.6. The molecule has 137 valence electrons. The summed E-state index contributed by atoms with van der Waals surface area (Å²) in [7, 11) is 0. The van der Waals surface area contributed by atoms with Crippen molar-refractivity contribution in [3.05, 3.63) is 44.5 Å². The molecule has 8 nitrogen and oxygen atoms in total. The molecule has 0 aliphatic rings. The first-order valence-electron chi connectivity index (χ1n) is 7.63. The Kier molecular flexibility index (Phi) is 6.46. The Morgan fingerprint density at radius 2 is 0.917 bits per heavy atom. The van der Waals surface area contributed by atoms with Crippen LogP contribution in [0, 0.1) is 20.2 Å². The fraction of sp³-hybridized carbons (Fsp3) is 0.750. The van der Waals surface area contributed by atoms with Crippen LogP contribution in [0.2, 0.25) is 0 Å². The molecule has 8 heteroatoms. The van der Waals surface area contributed by atoms with Crippen LogP contribution >= 0.6 is 0 Å². The zero-order chi connectivity index (χ0) is 19.6. The van der Waals surface area contributed by atoms with Crippen LogP contribution in [0.1, 0.15) is 55.4 Å². The summed E-state index contributed by atoms with van der Waals surface area (Å²) in [5, 5.41) is 35.4. The number of nitrogens with zero attached hydrogens (tertiary/aromatic N) is 3. The van der Waals surface area contributed by atoms with E-state index in [1.54, 1.807) is 27.7 Å². The molecule has 0 aromatic heterocycles. The molecule has 0 bridgehead atoms. The van der Waals surface area contributed by atoms with Gasteiger partial charge in [0.2, 0.25) is 11.1 Å². The van der Waals surface area contributed by atoms with E-state index in [9.17, 15) is 25.4 Å². The van der Waals surface area contributed by atoms with Crippen LogP contribution in [-0.4, -0.2) is 37.1 Å². The van der Waals surface area contributed by atoms with E-state index in [0.717, 1.165) is 5.06 Å². The van der Waals surface area contributed by atoms with Gasteiger partial charge in [0.15, 0.2) is 0 Å². The summed E-state index contributed by atoms with van der Waals surface area (Å²) in [4.78, 5) is 21.1. The predicted octanol–water partition coefficient (Wildman–Crippen LogP) is 3.41. The molecule has 0 aromatic carbocycles. The second kappa shape index (κ2) is 6.98. The van der Waals surface area contributed by atoms with E-state index in [4.69, 9.17) is 0 Å². The average Bonchev–Trinajstić information content (AvgIpc) is 2.42. The van der Waals surface area contributed by atoms with Crippen LogP contribution in [0.4, 0.5) is 0 Å². The van der Waals surface area contributed by atoms with Gasteiger partial charge < -0.3 is 0 Å². The Labute approximate surface area is 143 Å². The van der Waals surface area contributed by atoms with Gasteiger partial charge in [-0.3, -0.25) is 20.2 Å². The minimum Gasteiger partial charge on any atom is -0.264 e. The van der Waals surface area contributed by atoms with Crippen molar-refractivity contribution in [3.63, 3.8) is 0 Å². The zero-order valence-electron chi connectivity index (χ0n) is 15.7. The van der Waals surface area contributed by atoms with Gasteiger partial charge in [-0.15, -0.1) is 10.3 Å². The molecule has 0 aliphatic heterocycles. The van der Waals surface area contributed by atoms with Crippen molar-refractivity contribution in [2.45, 2.75) is 77.5 Å². The van der Waals surface area contributed by atoms with Crippen molar-refractivity contribution in [1.82, 2.24) is 5.06 Å². The summed E-state index contributed by atoms with van der Waals surface area (Å²) < 4.78 is 0. The predicted molar refractivity (Wildman–Crippen MR) is 91.1 cm³/mol. The zero-order valence-corrected chi connectivity index (χ0v) is 15.7. The van der Waals surface area contributed by atoms with E-state index in [-0.39, 0.29) is 0 Å². The molecule has 24 heavy (non-hydrogen) atoms. The summed E-state index contributed by atoms with van der Waals surface area (Å²) in [6, 6.07) is 0. The highest BCUT2D eigenvalue weighted by Gasteiger charge is 2.38. The molecule has 0 heterocycles. The lowest BCUT2D eigenvalue weighted by Crippen LogP contribution is -2.51. The normalized spacial score (nSPS) is 14.8. The lowest BCUT2D eigenvalue weighted by molar-refractivity contribution is -0.545. The molecular formula is C16H28N3O5. The van der Waals surface area contributed by atoms with Crippen molar-refractivity contribution >= 4 is 0 Å². The molecule has 0 atom stereocenters. The van der Waals surface area contributed by atoms with E-state index in [1.165, 1.54) is 52.0 Å². The third-order valence-electron chi connectivity index (χ3n) is 3.79. The maximum atomic E-state index is 12.7. The van der Waals surface area contributed by atoms with Crippen molar-refractivity contribution in [3.8, 4) is 0 Å². The van der Waals surface area contributed by atoms with Crippen molar-refractivity contribution in [1.29, 1.82) is 0 Å². The Morgan fingerprint density at radius 1 is 0.667 bits per heavy atom.